The molecule has 0 aromatic heterocycles. The predicted octanol–water partition coefficient (Wildman–Crippen LogP) is 8.58. The number of halogens is 1. The summed E-state index contributed by atoms with van der Waals surface area (Å²) in [4.78, 5) is 0. The molecule has 0 saturated heterocycles. The van der Waals surface area contributed by atoms with Gasteiger partial charge in [0, 0.05) is 0 Å². The summed E-state index contributed by atoms with van der Waals surface area (Å²) in [6, 6.07) is 32.8. The van der Waals surface area contributed by atoms with Crippen molar-refractivity contribution in [1.82, 2.24) is 0 Å². The van der Waals surface area contributed by atoms with Crippen LogP contribution in [0.3, 0.4) is 0 Å². The molecule has 0 amide bonds. The van der Waals surface area contributed by atoms with Gasteiger partial charge in [0.15, 0.2) is 0 Å². The molecule has 0 radical (unpaired) electrons. The van der Waals surface area contributed by atoms with Crippen molar-refractivity contribution in [3.8, 4) is 22.6 Å². The Balaban J connectivity index is 1.48. The minimum atomic E-state index is -2.88. The first-order valence-corrected chi connectivity index (χ1v) is 15.6. The maximum atomic E-state index is 6.60. The van der Waals surface area contributed by atoms with E-state index < -0.39 is 6.19 Å². The standard InChI is InChI=1S/C29H22ClO3PSe/c1-19(18-20-10-14-23(30)15-11-20)31-34(35)32-26-16-12-21-6-2-4-8-24(21)28(26)29-25-9-5-3-7-22(25)13-17-27(29)33-34/h2-17,19H,18H2,1H3. The van der Waals surface area contributed by atoms with Crippen molar-refractivity contribution in [2.24, 2.45) is 0 Å². The average molecular weight is 564 g/mol. The van der Waals surface area contributed by atoms with E-state index in [0.717, 1.165) is 54.8 Å². The summed E-state index contributed by atoms with van der Waals surface area (Å²) in [6.45, 7) is 2.04. The SMILES string of the molecule is CC(Cc1ccc(Cl)cc1)OP1(=[Se])Oc2ccc3ccccc3c2-c2c(ccc3ccccc23)O1. The summed E-state index contributed by atoms with van der Waals surface area (Å²) in [5.74, 6) is 1.51. The van der Waals surface area contributed by atoms with Crippen LogP contribution in [-0.4, -0.2) is 21.2 Å². The van der Waals surface area contributed by atoms with Gasteiger partial charge in [-0.05, 0) is 0 Å². The van der Waals surface area contributed by atoms with Gasteiger partial charge in [-0.25, -0.2) is 0 Å². The Morgan fingerprint density at radius 2 is 1.26 bits per heavy atom. The van der Waals surface area contributed by atoms with Crippen LogP contribution in [0, 0.1) is 0 Å². The van der Waals surface area contributed by atoms with Crippen molar-refractivity contribution < 1.29 is 13.6 Å². The predicted molar refractivity (Wildman–Crippen MR) is 147 cm³/mol. The molecule has 0 bridgehead atoms. The Hall–Kier alpha value is -2.58. The summed E-state index contributed by atoms with van der Waals surface area (Å²) < 4.78 is 19.7. The molecular formula is C29H22ClO3PSe. The fraction of sp³-hybridized carbons (Fsp3) is 0.103. The molecule has 1 unspecified atom stereocenters. The van der Waals surface area contributed by atoms with Gasteiger partial charge in [-0.2, -0.15) is 0 Å². The zero-order valence-corrected chi connectivity index (χ0v) is 22.3. The second-order valence-corrected chi connectivity index (χ2v) is 13.4. The van der Waals surface area contributed by atoms with Crippen molar-refractivity contribution in [3.63, 3.8) is 0 Å². The summed E-state index contributed by atoms with van der Waals surface area (Å²) >= 11 is 9.21. The van der Waals surface area contributed by atoms with Crippen LogP contribution < -0.4 is 9.05 Å². The normalized spacial score (nSPS) is 14.9. The van der Waals surface area contributed by atoms with Gasteiger partial charge in [0.2, 0.25) is 0 Å². The molecule has 6 rings (SSSR count). The fourth-order valence-corrected chi connectivity index (χ4v) is 8.17. The van der Waals surface area contributed by atoms with E-state index in [1.54, 1.807) is 0 Å². The van der Waals surface area contributed by atoms with Gasteiger partial charge >= 0.3 is 218 Å². The molecule has 1 aliphatic heterocycles. The van der Waals surface area contributed by atoms with Gasteiger partial charge in [-0.3, -0.25) is 0 Å². The molecule has 0 fully saturated rings. The molecule has 5 aromatic carbocycles. The molecule has 1 atom stereocenters. The van der Waals surface area contributed by atoms with Crippen LogP contribution in [0.15, 0.2) is 97.1 Å². The maximum absolute atomic E-state index is 6.60. The quantitative estimate of drug-likeness (QED) is 0.162. The summed E-state index contributed by atoms with van der Waals surface area (Å²) in [5.41, 5.74) is 3.20. The number of fused-ring (bicyclic) bond motifs is 7. The van der Waals surface area contributed by atoms with Crippen molar-refractivity contribution in [2.45, 2.75) is 19.4 Å². The Morgan fingerprint density at radius 3 is 1.80 bits per heavy atom. The Labute approximate surface area is 217 Å². The third-order valence-electron chi connectivity index (χ3n) is 6.20. The second-order valence-electron chi connectivity index (χ2n) is 8.70. The fourth-order valence-electron chi connectivity index (χ4n) is 4.68. The first-order chi connectivity index (χ1) is 17.0. The monoisotopic (exact) mass is 564 g/mol. The summed E-state index contributed by atoms with van der Waals surface area (Å²) in [7, 11) is 0. The first-order valence-electron chi connectivity index (χ1n) is 11.4. The van der Waals surface area contributed by atoms with E-state index in [-0.39, 0.29) is 6.10 Å². The summed E-state index contributed by atoms with van der Waals surface area (Å²) in [6.07, 6.45) is -2.31. The number of benzene rings is 5. The van der Waals surface area contributed by atoms with Gasteiger partial charge in [-0.15, -0.1) is 0 Å². The van der Waals surface area contributed by atoms with E-state index >= 15 is 0 Å². The van der Waals surface area contributed by atoms with E-state index in [2.05, 4.69) is 75.8 Å². The van der Waals surface area contributed by atoms with Crippen LogP contribution in [-0.2, 0) is 10.9 Å². The molecule has 0 N–H and O–H groups in total. The molecule has 174 valence electrons. The van der Waals surface area contributed by atoms with E-state index in [0.29, 0.717) is 6.42 Å². The zero-order valence-electron chi connectivity index (χ0n) is 19.0. The molecular weight excluding hydrogens is 542 g/mol. The average Bonchev–Trinajstić information content (AvgIpc) is 2.98. The van der Waals surface area contributed by atoms with Crippen LogP contribution >= 0.6 is 17.8 Å². The molecule has 0 saturated carbocycles. The Bertz CT molecular complexity index is 1530. The first kappa shape index (κ1) is 22.9. The molecule has 1 heterocycles. The molecule has 1 aliphatic rings. The van der Waals surface area contributed by atoms with Gasteiger partial charge in [0.05, 0.1) is 0 Å². The Kier molecular flexibility index (Phi) is 5.96. The van der Waals surface area contributed by atoms with Gasteiger partial charge in [0.1, 0.15) is 0 Å². The van der Waals surface area contributed by atoms with Crippen molar-refractivity contribution >= 4 is 54.4 Å². The Morgan fingerprint density at radius 1 is 0.743 bits per heavy atom. The van der Waals surface area contributed by atoms with Gasteiger partial charge in [-0.1, -0.05) is 0 Å². The minimum absolute atomic E-state index is 0.142. The van der Waals surface area contributed by atoms with Crippen LogP contribution in [0.4, 0.5) is 0 Å². The molecule has 35 heavy (non-hydrogen) atoms. The van der Waals surface area contributed by atoms with E-state index in [1.807, 2.05) is 43.3 Å². The van der Waals surface area contributed by atoms with Crippen LogP contribution in [0.5, 0.6) is 11.5 Å². The van der Waals surface area contributed by atoms with Crippen LogP contribution in [0.1, 0.15) is 12.5 Å². The second kappa shape index (κ2) is 9.13. The van der Waals surface area contributed by atoms with Crippen LogP contribution in [0.25, 0.3) is 32.7 Å². The van der Waals surface area contributed by atoms with Crippen molar-refractivity contribution in [2.75, 3.05) is 0 Å². The zero-order chi connectivity index (χ0) is 24.0. The molecule has 3 nitrogen and oxygen atoms in total. The number of rotatable bonds is 4. The van der Waals surface area contributed by atoms with E-state index in [9.17, 15) is 0 Å². The van der Waals surface area contributed by atoms with E-state index in [1.165, 1.54) is 0 Å². The van der Waals surface area contributed by atoms with Gasteiger partial charge < -0.3 is 0 Å². The van der Waals surface area contributed by atoms with Crippen LogP contribution in [0.2, 0.25) is 5.02 Å². The van der Waals surface area contributed by atoms with Crippen molar-refractivity contribution in [3.05, 3.63) is 108 Å². The topological polar surface area (TPSA) is 27.7 Å². The number of hydrogen-bond acceptors (Lipinski definition) is 3. The van der Waals surface area contributed by atoms with Gasteiger partial charge in [0.25, 0.3) is 0 Å². The number of hydrogen-bond donors (Lipinski definition) is 0. The van der Waals surface area contributed by atoms with E-state index in [4.69, 9.17) is 25.2 Å². The molecule has 0 aliphatic carbocycles. The molecule has 6 heteroatoms. The summed E-state index contributed by atoms with van der Waals surface area (Å²) in [5, 5.41) is 5.26. The molecule has 0 spiro atoms. The third-order valence-corrected chi connectivity index (χ3v) is 9.39. The molecule has 5 aromatic rings. The third kappa shape index (κ3) is 4.42. The van der Waals surface area contributed by atoms with Crippen molar-refractivity contribution in [1.29, 1.82) is 0 Å².